The van der Waals surface area contributed by atoms with Gasteiger partial charge in [-0.1, -0.05) is 48.7 Å². The minimum Gasteiger partial charge on any atom is -0.392 e. The van der Waals surface area contributed by atoms with E-state index in [-0.39, 0.29) is 6.10 Å². The molecule has 0 spiro atoms. The minimum absolute atomic E-state index is 0.194. The van der Waals surface area contributed by atoms with Crippen molar-refractivity contribution in [3.63, 3.8) is 0 Å². The summed E-state index contributed by atoms with van der Waals surface area (Å²) in [5, 5.41) is 9.94. The average molecular weight is 317 g/mol. The van der Waals surface area contributed by atoms with Gasteiger partial charge in [0.25, 0.3) is 0 Å². The monoisotopic (exact) mass is 316 g/mol. The van der Waals surface area contributed by atoms with E-state index in [0.717, 1.165) is 16.6 Å². The Morgan fingerprint density at radius 1 is 1.41 bits per heavy atom. The third kappa shape index (κ3) is 6.49. The zero-order chi connectivity index (χ0) is 12.7. The first-order valence-electron chi connectivity index (χ1n) is 6.18. The van der Waals surface area contributed by atoms with Crippen molar-refractivity contribution in [2.75, 3.05) is 5.75 Å². The first-order valence-corrected chi connectivity index (χ1v) is 7.96. The van der Waals surface area contributed by atoms with Gasteiger partial charge in [-0.25, -0.2) is 0 Å². The molecule has 2 unspecified atom stereocenters. The molecule has 1 rings (SSSR count). The smallest absolute Gasteiger partial charge is 0.0636 e. The predicted octanol–water partition coefficient (Wildman–Crippen LogP) is 4.73. The van der Waals surface area contributed by atoms with E-state index in [4.69, 9.17) is 0 Å². The van der Waals surface area contributed by atoms with Gasteiger partial charge < -0.3 is 5.11 Å². The van der Waals surface area contributed by atoms with E-state index in [1.165, 1.54) is 17.7 Å². The highest BCUT2D eigenvalue weighted by Crippen LogP contribution is 2.24. The summed E-state index contributed by atoms with van der Waals surface area (Å²) in [5.41, 5.74) is 0. The molecular formula is C14H21BrOS. The fourth-order valence-corrected chi connectivity index (χ4v) is 3.35. The van der Waals surface area contributed by atoms with Crippen LogP contribution in [-0.4, -0.2) is 17.0 Å². The van der Waals surface area contributed by atoms with Gasteiger partial charge in [-0.3, -0.25) is 0 Å². The van der Waals surface area contributed by atoms with Crippen LogP contribution in [0.3, 0.4) is 0 Å². The predicted molar refractivity (Wildman–Crippen MR) is 79.6 cm³/mol. The van der Waals surface area contributed by atoms with Crippen LogP contribution < -0.4 is 0 Å². The third-order valence-corrected chi connectivity index (χ3v) is 4.33. The first kappa shape index (κ1) is 15.1. The second-order valence-corrected chi connectivity index (χ2v) is 6.56. The van der Waals surface area contributed by atoms with E-state index in [9.17, 15) is 5.11 Å². The van der Waals surface area contributed by atoms with Crippen molar-refractivity contribution in [2.24, 2.45) is 5.92 Å². The van der Waals surface area contributed by atoms with E-state index in [1.807, 2.05) is 12.1 Å². The Labute approximate surface area is 117 Å². The summed E-state index contributed by atoms with van der Waals surface area (Å²) in [5.74, 6) is 1.41. The molecule has 0 aromatic heterocycles. The van der Waals surface area contributed by atoms with Crippen LogP contribution in [0.25, 0.3) is 0 Å². The highest BCUT2D eigenvalue weighted by atomic mass is 79.9. The number of thioether (sulfide) groups is 1. The van der Waals surface area contributed by atoms with E-state index < -0.39 is 0 Å². The molecular weight excluding hydrogens is 296 g/mol. The van der Waals surface area contributed by atoms with E-state index in [1.54, 1.807) is 11.8 Å². The van der Waals surface area contributed by atoms with Gasteiger partial charge in [0.2, 0.25) is 0 Å². The number of rotatable bonds is 7. The lowest BCUT2D eigenvalue weighted by Crippen LogP contribution is -2.14. The maximum Gasteiger partial charge on any atom is 0.0636 e. The van der Waals surface area contributed by atoms with Crippen LogP contribution in [0.4, 0.5) is 0 Å². The van der Waals surface area contributed by atoms with Crippen molar-refractivity contribution in [1.82, 2.24) is 0 Å². The maximum absolute atomic E-state index is 9.94. The van der Waals surface area contributed by atoms with E-state index in [0.29, 0.717) is 5.92 Å². The fourth-order valence-electron chi connectivity index (χ4n) is 1.89. The lowest BCUT2D eigenvalue weighted by Gasteiger charge is -2.15. The molecule has 0 aliphatic carbocycles. The fraction of sp³-hybridized carbons (Fsp3) is 0.571. The molecule has 96 valence electrons. The topological polar surface area (TPSA) is 20.2 Å². The van der Waals surface area contributed by atoms with Gasteiger partial charge in [0.1, 0.15) is 0 Å². The molecule has 0 heterocycles. The zero-order valence-corrected chi connectivity index (χ0v) is 12.9. The lowest BCUT2D eigenvalue weighted by atomic mass is 10.00. The molecule has 0 saturated heterocycles. The van der Waals surface area contributed by atoms with Crippen molar-refractivity contribution in [1.29, 1.82) is 0 Å². The Morgan fingerprint density at radius 3 is 2.82 bits per heavy atom. The van der Waals surface area contributed by atoms with Crippen LogP contribution >= 0.6 is 27.7 Å². The number of halogens is 1. The molecule has 0 amide bonds. The number of hydrogen-bond acceptors (Lipinski definition) is 2. The van der Waals surface area contributed by atoms with Gasteiger partial charge in [0.05, 0.1) is 6.10 Å². The Bertz CT molecular complexity index is 330. The number of aliphatic hydroxyl groups excluding tert-OH is 1. The molecule has 0 radical (unpaired) electrons. The summed E-state index contributed by atoms with van der Waals surface area (Å²) in [7, 11) is 0. The number of hydrogen-bond donors (Lipinski definition) is 1. The van der Waals surface area contributed by atoms with E-state index >= 15 is 0 Å². The van der Waals surface area contributed by atoms with Gasteiger partial charge in [-0.15, -0.1) is 11.8 Å². The minimum atomic E-state index is -0.194. The molecule has 1 N–H and O–H groups in total. The molecule has 1 nitrogen and oxygen atoms in total. The quantitative estimate of drug-likeness (QED) is 0.734. The van der Waals surface area contributed by atoms with Crippen LogP contribution in [0, 0.1) is 5.92 Å². The van der Waals surface area contributed by atoms with Crippen molar-refractivity contribution in [3.05, 3.63) is 28.7 Å². The Morgan fingerprint density at radius 2 is 2.18 bits per heavy atom. The summed E-state index contributed by atoms with van der Waals surface area (Å²) >= 11 is 5.18. The van der Waals surface area contributed by atoms with Gasteiger partial charge in [0.15, 0.2) is 0 Å². The van der Waals surface area contributed by atoms with Crippen LogP contribution in [0.5, 0.6) is 0 Å². The Balaban J connectivity index is 2.30. The van der Waals surface area contributed by atoms with Crippen molar-refractivity contribution >= 4 is 27.7 Å². The average Bonchev–Trinajstić information content (AvgIpc) is 2.27. The zero-order valence-electron chi connectivity index (χ0n) is 10.5. The molecule has 17 heavy (non-hydrogen) atoms. The summed E-state index contributed by atoms with van der Waals surface area (Å²) in [6.45, 7) is 4.41. The Hall–Kier alpha value is 0.01000. The Kier molecular flexibility index (Phi) is 7.24. The van der Waals surface area contributed by atoms with Crippen LogP contribution in [-0.2, 0) is 0 Å². The SMILES string of the molecule is CCCC(C)CC(O)CSc1cccc(Br)c1. The van der Waals surface area contributed by atoms with Gasteiger partial charge >= 0.3 is 0 Å². The normalized spacial score (nSPS) is 14.6. The molecule has 3 heteroatoms. The lowest BCUT2D eigenvalue weighted by molar-refractivity contribution is 0.166. The van der Waals surface area contributed by atoms with E-state index in [2.05, 4.69) is 41.9 Å². The third-order valence-electron chi connectivity index (χ3n) is 2.69. The van der Waals surface area contributed by atoms with Crippen LogP contribution in [0.1, 0.15) is 33.1 Å². The van der Waals surface area contributed by atoms with Gasteiger partial charge in [-0.05, 0) is 30.5 Å². The summed E-state index contributed by atoms with van der Waals surface area (Å²) in [6.07, 6.45) is 3.13. The highest BCUT2D eigenvalue weighted by molar-refractivity contribution is 9.10. The number of benzene rings is 1. The molecule has 0 aliphatic rings. The highest BCUT2D eigenvalue weighted by Gasteiger charge is 2.10. The van der Waals surface area contributed by atoms with Crippen LogP contribution in [0.15, 0.2) is 33.6 Å². The van der Waals surface area contributed by atoms with Crippen molar-refractivity contribution in [3.8, 4) is 0 Å². The molecule has 2 atom stereocenters. The molecule has 0 saturated carbocycles. The van der Waals surface area contributed by atoms with Gasteiger partial charge in [0, 0.05) is 15.1 Å². The molecule has 1 aromatic rings. The molecule has 0 bridgehead atoms. The summed E-state index contributed by atoms with van der Waals surface area (Å²) in [6, 6.07) is 8.22. The van der Waals surface area contributed by atoms with Gasteiger partial charge in [-0.2, -0.15) is 0 Å². The molecule has 1 aromatic carbocycles. The van der Waals surface area contributed by atoms with Crippen molar-refractivity contribution in [2.45, 2.75) is 44.1 Å². The molecule has 0 aliphatic heterocycles. The maximum atomic E-state index is 9.94. The molecule has 0 fully saturated rings. The standard InChI is InChI=1S/C14H21BrOS/c1-3-5-11(2)8-13(16)10-17-14-7-4-6-12(15)9-14/h4,6-7,9,11,13,16H,3,5,8,10H2,1-2H3. The second kappa shape index (κ2) is 8.17. The number of aliphatic hydroxyl groups is 1. The first-order chi connectivity index (χ1) is 8.11. The van der Waals surface area contributed by atoms with Crippen LogP contribution in [0.2, 0.25) is 0 Å². The van der Waals surface area contributed by atoms with Crippen molar-refractivity contribution < 1.29 is 5.11 Å². The summed E-state index contributed by atoms with van der Waals surface area (Å²) < 4.78 is 1.09. The summed E-state index contributed by atoms with van der Waals surface area (Å²) in [4.78, 5) is 1.21. The second-order valence-electron chi connectivity index (χ2n) is 4.55. The largest absolute Gasteiger partial charge is 0.392 e.